The van der Waals surface area contributed by atoms with Crippen LogP contribution in [0.5, 0.6) is 5.88 Å². The van der Waals surface area contributed by atoms with Gasteiger partial charge in [-0.15, -0.1) is 0 Å². The van der Waals surface area contributed by atoms with Crippen molar-refractivity contribution in [1.29, 1.82) is 0 Å². The number of hydrogen-bond acceptors (Lipinski definition) is 9. The maximum Gasteiger partial charge on any atom is 0.409 e. The maximum absolute atomic E-state index is 13.3. The molecule has 1 atom stereocenters. The Kier molecular flexibility index (Phi) is 11.1. The number of rotatable bonds is 12. The van der Waals surface area contributed by atoms with Crippen molar-refractivity contribution < 1.29 is 43.3 Å². The topological polar surface area (TPSA) is 170 Å². The van der Waals surface area contributed by atoms with Crippen LogP contribution >= 0.6 is 0 Å². The van der Waals surface area contributed by atoms with Crippen LogP contribution in [-0.2, 0) is 23.9 Å². The van der Waals surface area contributed by atoms with Gasteiger partial charge in [-0.3, -0.25) is 14.4 Å². The summed E-state index contributed by atoms with van der Waals surface area (Å²) in [5.74, 6) is -2.83. The van der Waals surface area contributed by atoms with E-state index in [1.54, 1.807) is 32.0 Å². The lowest BCUT2D eigenvalue weighted by Gasteiger charge is -2.35. The minimum atomic E-state index is -1.15. The van der Waals surface area contributed by atoms with Crippen LogP contribution in [0.4, 0.5) is 4.79 Å². The van der Waals surface area contributed by atoms with Crippen LogP contribution in [0.3, 0.4) is 0 Å². The maximum atomic E-state index is 13.3. The molecular formula is C27H35N5O9. The molecule has 1 aromatic carbocycles. The molecule has 1 aromatic heterocycles. The van der Waals surface area contributed by atoms with Crippen LogP contribution in [0.25, 0.3) is 5.69 Å². The average molecular weight is 574 g/mol. The van der Waals surface area contributed by atoms with Crippen molar-refractivity contribution in [3.8, 4) is 11.6 Å². The first-order valence-corrected chi connectivity index (χ1v) is 13.3. The molecule has 0 bridgehead atoms. The van der Waals surface area contributed by atoms with Crippen molar-refractivity contribution in [3.63, 3.8) is 0 Å². The zero-order valence-corrected chi connectivity index (χ0v) is 23.3. The van der Waals surface area contributed by atoms with Crippen molar-refractivity contribution in [2.24, 2.45) is 0 Å². The second-order valence-corrected chi connectivity index (χ2v) is 9.18. The second kappa shape index (κ2) is 14.7. The zero-order valence-electron chi connectivity index (χ0n) is 23.3. The number of aliphatic carboxylic acids is 1. The Bertz CT molecular complexity index is 1250. The standard InChI is InChI=1S/C27H35N5O9/c1-4-39-24(35)17-41-22-16-21(29-32(22)19-8-6-7-18(3)15-19)25(36)28-20(9-10-23(33)34)26(37)30-11-13-31(14-12-30)27(38)40-5-2/h6-8,15-16,20H,4-5,9-14,17H2,1-3H3,(H,28,36)(H,33,34). The first-order chi connectivity index (χ1) is 19.6. The lowest BCUT2D eigenvalue weighted by atomic mass is 10.1. The third-order valence-corrected chi connectivity index (χ3v) is 6.17. The highest BCUT2D eigenvalue weighted by atomic mass is 16.6. The Balaban J connectivity index is 1.79. The van der Waals surface area contributed by atoms with Crippen LogP contribution in [0, 0.1) is 6.92 Å². The van der Waals surface area contributed by atoms with Crippen LogP contribution in [-0.4, -0.2) is 107 Å². The molecule has 2 heterocycles. The molecule has 0 saturated carbocycles. The highest BCUT2D eigenvalue weighted by molar-refractivity contribution is 5.96. The average Bonchev–Trinajstić information content (AvgIpc) is 3.38. The number of hydrogen-bond donors (Lipinski definition) is 2. The van der Waals surface area contributed by atoms with Crippen molar-refractivity contribution >= 4 is 29.8 Å². The number of nitrogens with one attached hydrogen (secondary N) is 1. The third kappa shape index (κ3) is 8.68. The van der Waals surface area contributed by atoms with Gasteiger partial charge in [-0.2, -0.15) is 5.10 Å². The second-order valence-electron chi connectivity index (χ2n) is 9.18. The van der Waals surface area contributed by atoms with Crippen molar-refractivity contribution in [1.82, 2.24) is 24.9 Å². The third-order valence-electron chi connectivity index (χ3n) is 6.17. The van der Waals surface area contributed by atoms with E-state index in [0.29, 0.717) is 5.69 Å². The van der Waals surface area contributed by atoms with Gasteiger partial charge in [0.1, 0.15) is 6.04 Å². The van der Waals surface area contributed by atoms with E-state index >= 15 is 0 Å². The van der Waals surface area contributed by atoms with Gasteiger partial charge in [0.05, 0.1) is 18.9 Å². The Morgan fingerprint density at radius 3 is 2.32 bits per heavy atom. The van der Waals surface area contributed by atoms with E-state index in [-0.39, 0.29) is 63.8 Å². The first-order valence-electron chi connectivity index (χ1n) is 13.3. The van der Waals surface area contributed by atoms with E-state index in [4.69, 9.17) is 14.2 Å². The van der Waals surface area contributed by atoms with E-state index < -0.39 is 42.5 Å². The number of benzene rings is 1. The summed E-state index contributed by atoms with van der Waals surface area (Å²) in [5, 5.41) is 16.2. The fourth-order valence-electron chi connectivity index (χ4n) is 4.16. The van der Waals surface area contributed by atoms with Gasteiger partial charge in [0.2, 0.25) is 11.8 Å². The first kappa shape index (κ1) is 30.9. The molecule has 1 fully saturated rings. The Labute approximate surface area is 237 Å². The van der Waals surface area contributed by atoms with Crippen LogP contribution < -0.4 is 10.1 Å². The lowest BCUT2D eigenvalue weighted by molar-refractivity contribution is -0.145. The van der Waals surface area contributed by atoms with Gasteiger partial charge in [0.25, 0.3) is 5.91 Å². The number of esters is 1. The smallest absolute Gasteiger partial charge is 0.409 e. The molecule has 3 amide bonds. The van der Waals surface area contributed by atoms with E-state index in [1.165, 1.54) is 20.5 Å². The summed E-state index contributed by atoms with van der Waals surface area (Å²) in [7, 11) is 0. The number of carbonyl (C=O) groups excluding carboxylic acids is 4. The predicted octanol–water partition coefficient (Wildman–Crippen LogP) is 1.39. The molecule has 1 unspecified atom stereocenters. The van der Waals surface area contributed by atoms with Gasteiger partial charge in [-0.25, -0.2) is 14.3 Å². The van der Waals surface area contributed by atoms with E-state index in [2.05, 4.69) is 10.4 Å². The molecule has 3 rings (SSSR count). The largest absolute Gasteiger partial charge is 0.481 e. The molecule has 1 aliphatic heterocycles. The Hall–Kier alpha value is -4.62. The lowest BCUT2D eigenvalue weighted by Crippen LogP contribution is -2.56. The van der Waals surface area contributed by atoms with Gasteiger partial charge < -0.3 is 34.4 Å². The summed E-state index contributed by atoms with van der Waals surface area (Å²) >= 11 is 0. The highest BCUT2D eigenvalue weighted by Gasteiger charge is 2.31. The molecule has 14 nitrogen and oxygen atoms in total. The summed E-state index contributed by atoms with van der Waals surface area (Å²) in [5.41, 5.74) is 1.38. The highest BCUT2D eigenvalue weighted by Crippen LogP contribution is 2.21. The minimum Gasteiger partial charge on any atom is -0.481 e. The fraction of sp³-hybridized carbons (Fsp3) is 0.481. The Morgan fingerprint density at radius 2 is 1.68 bits per heavy atom. The number of ether oxygens (including phenoxy) is 3. The van der Waals surface area contributed by atoms with Gasteiger partial charge in [-0.05, 0) is 44.9 Å². The van der Waals surface area contributed by atoms with Crippen molar-refractivity contribution in [2.75, 3.05) is 46.0 Å². The molecule has 222 valence electrons. The van der Waals surface area contributed by atoms with Crippen LogP contribution in [0.2, 0.25) is 0 Å². The van der Waals surface area contributed by atoms with Crippen molar-refractivity contribution in [2.45, 2.75) is 39.7 Å². The number of carboxylic acids is 1. The van der Waals surface area contributed by atoms with Crippen LogP contribution in [0.1, 0.15) is 42.7 Å². The van der Waals surface area contributed by atoms with E-state index in [9.17, 15) is 29.1 Å². The number of nitrogens with zero attached hydrogens (tertiary/aromatic N) is 4. The van der Waals surface area contributed by atoms with Gasteiger partial charge in [-0.1, -0.05) is 12.1 Å². The van der Waals surface area contributed by atoms with Gasteiger partial charge >= 0.3 is 18.0 Å². The number of carbonyl (C=O) groups is 5. The molecule has 14 heteroatoms. The van der Waals surface area contributed by atoms with Gasteiger partial charge in [0, 0.05) is 38.7 Å². The quantitative estimate of drug-likeness (QED) is 0.354. The van der Waals surface area contributed by atoms with E-state index in [0.717, 1.165) is 5.56 Å². The number of carboxylic acid groups (broad SMARTS) is 1. The molecular weight excluding hydrogens is 538 g/mol. The summed E-state index contributed by atoms with van der Waals surface area (Å²) in [6.07, 6.45) is -0.978. The molecule has 2 aromatic rings. The van der Waals surface area contributed by atoms with Crippen LogP contribution in [0.15, 0.2) is 30.3 Å². The normalized spacial score (nSPS) is 13.7. The SMILES string of the molecule is CCOC(=O)COc1cc(C(=O)NC(CCC(=O)O)C(=O)N2CCN(C(=O)OCC)CC2)nn1-c1cccc(C)c1. The minimum absolute atomic E-state index is 0.0947. The molecule has 41 heavy (non-hydrogen) atoms. The molecule has 1 aliphatic rings. The number of piperazine rings is 1. The summed E-state index contributed by atoms with van der Waals surface area (Å²) < 4.78 is 16.9. The molecule has 0 radical (unpaired) electrons. The Morgan fingerprint density at radius 1 is 1.00 bits per heavy atom. The number of aryl methyl sites for hydroxylation is 1. The summed E-state index contributed by atoms with van der Waals surface area (Å²) in [4.78, 5) is 64.7. The summed E-state index contributed by atoms with van der Waals surface area (Å²) in [6.45, 7) is 6.13. The fourth-order valence-corrected chi connectivity index (χ4v) is 4.16. The molecule has 2 N–H and O–H groups in total. The van der Waals surface area contributed by atoms with Crippen molar-refractivity contribution in [3.05, 3.63) is 41.6 Å². The summed E-state index contributed by atoms with van der Waals surface area (Å²) in [6, 6.07) is 7.40. The number of aromatic nitrogens is 2. The monoisotopic (exact) mass is 573 g/mol. The molecule has 0 spiro atoms. The molecule has 0 aliphatic carbocycles. The van der Waals surface area contributed by atoms with Gasteiger partial charge in [0.15, 0.2) is 12.3 Å². The molecule has 1 saturated heterocycles. The predicted molar refractivity (Wildman–Crippen MR) is 144 cm³/mol. The number of amides is 3. The zero-order chi connectivity index (χ0) is 29.9. The van der Waals surface area contributed by atoms with E-state index in [1.807, 2.05) is 13.0 Å².